The van der Waals surface area contributed by atoms with Crippen LogP contribution < -0.4 is 5.43 Å². The van der Waals surface area contributed by atoms with E-state index in [0.717, 1.165) is 25.9 Å². The lowest BCUT2D eigenvalue weighted by Gasteiger charge is -2.26. The van der Waals surface area contributed by atoms with Crippen molar-refractivity contribution in [1.82, 2.24) is 15.4 Å². The molecule has 1 N–H and O–H groups in total. The molecule has 2 heterocycles. The second kappa shape index (κ2) is 4.89. The minimum atomic E-state index is -0.113. The molecular formula is C11H15N3O. The molecule has 1 aliphatic heterocycles. The van der Waals surface area contributed by atoms with E-state index in [0.29, 0.717) is 5.69 Å². The molecule has 0 spiro atoms. The van der Waals surface area contributed by atoms with E-state index in [1.165, 1.54) is 6.42 Å². The molecule has 0 radical (unpaired) electrons. The maximum atomic E-state index is 11.7. The molecule has 0 aromatic carbocycles. The van der Waals surface area contributed by atoms with Gasteiger partial charge in [0.1, 0.15) is 5.69 Å². The molecule has 0 aliphatic carbocycles. The average Bonchev–Trinajstić information content (AvgIpc) is 2.31. The third-order valence-electron chi connectivity index (χ3n) is 2.51. The van der Waals surface area contributed by atoms with Crippen LogP contribution in [0.1, 0.15) is 29.8 Å². The summed E-state index contributed by atoms with van der Waals surface area (Å²) in [4.78, 5) is 15.7. The van der Waals surface area contributed by atoms with Gasteiger partial charge in [-0.25, -0.2) is 5.01 Å². The van der Waals surface area contributed by atoms with Gasteiger partial charge < -0.3 is 0 Å². The Labute approximate surface area is 89.3 Å². The number of amides is 1. The smallest absolute Gasteiger partial charge is 0.283 e. The predicted molar refractivity (Wildman–Crippen MR) is 57.1 cm³/mol. The fourth-order valence-corrected chi connectivity index (χ4v) is 1.70. The van der Waals surface area contributed by atoms with Gasteiger partial charge in [0.2, 0.25) is 0 Å². The van der Waals surface area contributed by atoms with Crippen LogP contribution in [-0.4, -0.2) is 29.0 Å². The Balaban J connectivity index is 1.91. The number of pyridine rings is 1. The largest absolute Gasteiger partial charge is 0.284 e. The first-order valence-electron chi connectivity index (χ1n) is 5.33. The third-order valence-corrected chi connectivity index (χ3v) is 2.51. The average molecular weight is 205 g/mol. The number of nitrogens with one attached hydrogen (secondary N) is 1. The van der Waals surface area contributed by atoms with Crippen LogP contribution >= 0.6 is 0 Å². The van der Waals surface area contributed by atoms with Crippen molar-refractivity contribution in [1.29, 1.82) is 0 Å². The Morgan fingerprint density at radius 3 is 2.73 bits per heavy atom. The molecular weight excluding hydrogens is 190 g/mol. The molecule has 4 heteroatoms. The van der Waals surface area contributed by atoms with Gasteiger partial charge in [-0.1, -0.05) is 12.5 Å². The summed E-state index contributed by atoms with van der Waals surface area (Å²) in [6, 6.07) is 5.34. The van der Waals surface area contributed by atoms with Crippen LogP contribution in [0.4, 0.5) is 0 Å². The topological polar surface area (TPSA) is 45.2 Å². The van der Waals surface area contributed by atoms with Gasteiger partial charge in [-0.15, -0.1) is 0 Å². The number of rotatable bonds is 2. The Bertz CT molecular complexity index is 320. The van der Waals surface area contributed by atoms with Crippen LogP contribution in [0.5, 0.6) is 0 Å². The molecule has 0 atom stereocenters. The lowest BCUT2D eigenvalue weighted by Crippen LogP contribution is -2.45. The zero-order chi connectivity index (χ0) is 10.5. The van der Waals surface area contributed by atoms with Crippen molar-refractivity contribution in [3.63, 3.8) is 0 Å². The molecule has 15 heavy (non-hydrogen) atoms. The first kappa shape index (κ1) is 10.1. The molecule has 1 aliphatic rings. The summed E-state index contributed by atoms with van der Waals surface area (Å²) in [5.74, 6) is -0.113. The Morgan fingerprint density at radius 1 is 1.27 bits per heavy atom. The Morgan fingerprint density at radius 2 is 2.07 bits per heavy atom. The van der Waals surface area contributed by atoms with Gasteiger partial charge in [0.15, 0.2) is 0 Å². The van der Waals surface area contributed by atoms with Crippen LogP contribution in [0.3, 0.4) is 0 Å². The monoisotopic (exact) mass is 205 g/mol. The fraction of sp³-hybridized carbons (Fsp3) is 0.455. The quantitative estimate of drug-likeness (QED) is 0.789. The van der Waals surface area contributed by atoms with Crippen LogP contribution in [-0.2, 0) is 0 Å². The zero-order valence-electron chi connectivity index (χ0n) is 8.65. The number of aromatic nitrogens is 1. The minimum absolute atomic E-state index is 0.113. The SMILES string of the molecule is O=C(NN1CCCCC1)c1ccccn1. The van der Waals surface area contributed by atoms with E-state index >= 15 is 0 Å². The summed E-state index contributed by atoms with van der Waals surface area (Å²) in [7, 11) is 0. The standard InChI is InChI=1S/C11H15N3O/c15-11(10-6-2-3-7-12-10)13-14-8-4-1-5-9-14/h2-3,6-7H,1,4-5,8-9H2,(H,13,15). The van der Waals surface area contributed by atoms with Crippen LogP contribution in [0.25, 0.3) is 0 Å². The molecule has 2 rings (SSSR count). The summed E-state index contributed by atoms with van der Waals surface area (Å²) in [6.07, 6.45) is 5.20. The number of nitrogens with zero attached hydrogens (tertiary/aromatic N) is 2. The van der Waals surface area contributed by atoms with E-state index in [2.05, 4.69) is 10.4 Å². The molecule has 4 nitrogen and oxygen atoms in total. The molecule has 1 fully saturated rings. The van der Waals surface area contributed by atoms with Gasteiger partial charge in [-0.3, -0.25) is 15.2 Å². The summed E-state index contributed by atoms with van der Waals surface area (Å²) in [5.41, 5.74) is 3.34. The van der Waals surface area contributed by atoms with E-state index < -0.39 is 0 Å². The second-order valence-corrected chi connectivity index (χ2v) is 3.70. The van der Waals surface area contributed by atoms with Crippen molar-refractivity contribution in [3.8, 4) is 0 Å². The van der Waals surface area contributed by atoms with E-state index in [-0.39, 0.29) is 5.91 Å². The molecule has 1 saturated heterocycles. The van der Waals surface area contributed by atoms with E-state index in [1.807, 2.05) is 11.1 Å². The lowest BCUT2D eigenvalue weighted by molar-refractivity contribution is 0.0745. The highest BCUT2D eigenvalue weighted by Gasteiger charge is 2.14. The van der Waals surface area contributed by atoms with Gasteiger partial charge in [-0.05, 0) is 25.0 Å². The summed E-state index contributed by atoms with van der Waals surface area (Å²) in [5, 5.41) is 1.97. The Hall–Kier alpha value is -1.42. The summed E-state index contributed by atoms with van der Waals surface area (Å²) in [6.45, 7) is 1.89. The van der Waals surface area contributed by atoms with Crippen molar-refractivity contribution in [2.75, 3.05) is 13.1 Å². The highest BCUT2D eigenvalue weighted by atomic mass is 16.2. The van der Waals surface area contributed by atoms with E-state index in [4.69, 9.17) is 0 Å². The molecule has 80 valence electrons. The van der Waals surface area contributed by atoms with E-state index in [9.17, 15) is 4.79 Å². The number of carbonyl (C=O) groups excluding carboxylic acids is 1. The highest BCUT2D eigenvalue weighted by molar-refractivity contribution is 5.91. The van der Waals surface area contributed by atoms with E-state index in [1.54, 1.807) is 18.3 Å². The number of hydrazine groups is 1. The molecule has 0 bridgehead atoms. The van der Waals surface area contributed by atoms with Crippen LogP contribution in [0.15, 0.2) is 24.4 Å². The van der Waals surface area contributed by atoms with Gasteiger partial charge >= 0.3 is 0 Å². The van der Waals surface area contributed by atoms with Crippen molar-refractivity contribution in [2.45, 2.75) is 19.3 Å². The van der Waals surface area contributed by atoms with Gasteiger partial charge in [-0.2, -0.15) is 0 Å². The van der Waals surface area contributed by atoms with Crippen molar-refractivity contribution >= 4 is 5.91 Å². The second-order valence-electron chi connectivity index (χ2n) is 3.70. The summed E-state index contributed by atoms with van der Waals surface area (Å²) < 4.78 is 0. The zero-order valence-corrected chi connectivity index (χ0v) is 8.65. The first-order chi connectivity index (χ1) is 7.36. The van der Waals surface area contributed by atoms with Gasteiger partial charge in [0, 0.05) is 19.3 Å². The summed E-state index contributed by atoms with van der Waals surface area (Å²) >= 11 is 0. The third kappa shape index (κ3) is 2.76. The van der Waals surface area contributed by atoms with Crippen LogP contribution in [0, 0.1) is 0 Å². The normalized spacial score (nSPS) is 17.3. The maximum absolute atomic E-state index is 11.7. The maximum Gasteiger partial charge on any atom is 0.284 e. The fourth-order valence-electron chi connectivity index (χ4n) is 1.70. The number of hydrogen-bond acceptors (Lipinski definition) is 3. The molecule has 1 aromatic rings. The van der Waals surface area contributed by atoms with Crippen molar-refractivity contribution in [3.05, 3.63) is 30.1 Å². The highest BCUT2D eigenvalue weighted by Crippen LogP contribution is 2.06. The van der Waals surface area contributed by atoms with Crippen molar-refractivity contribution < 1.29 is 4.79 Å². The lowest BCUT2D eigenvalue weighted by atomic mass is 10.2. The molecule has 1 amide bonds. The predicted octanol–water partition coefficient (Wildman–Crippen LogP) is 1.21. The number of hydrogen-bond donors (Lipinski definition) is 1. The molecule has 0 unspecified atom stereocenters. The number of piperidine rings is 1. The van der Waals surface area contributed by atoms with Crippen molar-refractivity contribution in [2.24, 2.45) is 0 Å². The Kier molecular flexibility index (Phi) is 3.29. The molecule has 0 saturated carbocycles. The van der Waals surface area contributed by atoms with Crippen LogP contribution in [0.2, 0.25) is 0 Å². The molecule has 1 aromatic heterocycles. The number of carbonyl (C=O) groups is 1. The first-order valence-corrected chi connectivity index (χ1v) is 5.33. The van der Waals surface area contributed by atoms with Gasteiger partial charge in [0.05, 0.1) is 0 Å². The minimum Gasteiger partial charge on any atom is -0.283 e. The van der Waals surface area contributed by atoms with Gasteiger partial charge in [0.25, 0.3) is 5.91 Å².